The summed E-state index contributed by atoms with van der Waals surface area (Å²) in [6.07, 6.45) is 1.74. The van der Waals surface area contributed by atoms with E-state index in [2.05, 4.69) is 41.0 Å². The number of methoxy groups -OCH3 is 1. The lowest BCUT2D eigenvalue weighted by Crippen LogP contribution is -2.49. The van der Waals surface area contributed by atoms with Crippen molar-refractivity contribution in [2.75, 3.05) is 51.3 Å². The third kappa shape index (κ3) is 4.74. The van der Waals surface area contributed by atoms with Gasteiger partial charge in [0, 0.05) is 50.6 Å². The summed E-state index contributed by atoms with van der Waals surface area (Å²) in [5, 5.41) is 1.22. The number of hydrogen-bond donors (Lipinski definition) is 0. The van der Waals surface area contributed by atoms with Crippen molar-refractivity contribution in [2.24, 2.45) is 0 Å². The summed E-state index contributed by atoms with van der Waals surface area (Å²) in [5.41, 5.74) is 3.25. The molecule has 0 bridgehead atoms. The predicted octanol–water partition coefficient (Wildman–Crippen LogP) is 4.63. The van der Waals surface area contributed by atoms with Gasteiger partial charge >= 0.3 is 0 Å². The minimum atomic E-state index is 0.0206. The number of amides is 1. The van der Waals surface area contributed by atoms with Gasteiger partial charge in [-0.3, -0.25) is 9.69 Å². The highest BCUT2D eigenvalue weighted by molar-refractivity contribution is 7.19. The molecule has 0 aliphatic carbocycles. The summed E-state index contributed by atoms with van der Waals surface area (Å²) in [6, 6.07) is 17.9. The van der Waals surface area contributed by atoms with Gasteiger partial charge in [0.1, 0.15) is 22.2 Å². The number of piperazine rings is 1. The van der Waals surface area contributed by atoms with E-state index in [0.29, 0.717) is 30.8 Å². The average molecular weight is 528 g/mol. The first-order chi connectivity index (χ1) is 18.6. The normalized spacial score (nSPS) is 16.1. The van der Waals surface area contributed by atoms with Gasteiger partial charge < -0.3 is 14.5 Å². The molecule has 2 aliphatic rings. The van der Waals surface area contributed by atoms with Crippen LogP contribution in [0.2, 0.25) is 0 Å². The summed E-state index contributed by atoms with van der Waals surface area (Å²) in [6.45, 7) is 8.12. The maximum Gasteiger partial charge on any atom is 0.257 e. The Labute approximate surface area is 227 Å². The minimum absolute atomic E-state index is 0.0206. The van der Waals surface area contributed by atoms with Gasteiger partial charge in [-0.25, -0.2) is 9.97 Å². The van der Waals surface area contributed by atoms with Crippen LogP contribution >= 0.6 is 11.3 Å². The summed E-state index contributed by atoms with van der Waals surface area (Å²) in [7, 11) is 1.61. The molecule has 0 radical (unpaired) electrons. The molecule has 0 spiro atoms. The molecule has 1 amide bonds. The van der Waals surface area contributed by atoms with Crippen molar-refractivity contribution in [3.8, 4) is 5.75 Å². The predicted molar refractivity (Wildman–Crippen MR) is 152 cm³/mol. The first-order valence-corrected chi connectivity index (χ1v) is 14.2. The standard InChI is InChI=1S/C30H33N5O2S/c1-3-33-14-13-23-25(20-33)38-29-27(23)28(31-26(32-29)19-21-9-5-4-6-10-21)34-15-17-35(18-16-34)30(36)22-11-7-8-12-24(22)37-2/h4-12H,3,13-20H2,1-2H3. The maximum absolute atomic E-state index is 13.3. The number of nitrogens with zero attached hydrogens (tertiary/aromatic N) is 5. The Bertz CT molecular complexity index is 1450. The van der Waals surface area contributed by atoms with Crippen molar-refractivity contribution in [3.63, 3.8) is 0 Å². The van der Waals surface area contributed by atoms with Gasteiger partial charge in [0.15, 0.2) is 0 Å². The van der Waals surface area contributed by atoms with Gasteiger partial charge in [0.2, 0.25) is 0 Å². The second kappa shape index (κ2) is 10.7. The van der Waals surface area contributed by atoms with Crippen molar-refractivity contribution in [2.45, 2.75) is 26.3 Å². The topological polar surface area (TPSA) is 61.8 Å². The molecule has 2 aliphatic heterocycles. The largest absolute Gasteiger partial charge is 0.496 e. The van der Waals surface area contributed by atoms with Crippen LogP contribution in [0.5, 0.6) is 5.75 Å². The van der Waals surface area contributed by atoms with Crippen LogP contribution in [0.25, 0.3) is 10.2 Å². The van der Waals surface area contributed by atoms with E-state index in [1.165, 1.54) is 21.4 Å². The molecule has 0 N–H and O–H groups in total. The molecule has 4 heterocycles. The number of para-hydroxylation sites is 1. The fourth-order valence-electron chi connectivity index (χ4n) is 5.54. The van der Waals surface area contributed by atoms with Gasteiger partial charge in [0.05, 0.1) is 18.1 Å². The molecule has 38 heavy (non-hydrogen) atoms. The molecule has 6 rings (SSSR count). The second-order valence-corrected chi connectivity index (χ2v) is 11.0. The molecule has 0 saturated carbocycles. The Morgan fingerprint density at radius 1 is 0.974 bits per heavy atom. The number of carbonyl (C=O) groups excluding carboxylic acids is 1. The van der Waals surface area contributed by atoms with E-state index < -0.39 is 0 Å². The molecule has 4 aromatic rings. The number of anilines is 1. The van der Waals surface area contributed by atoms with Crippen LogP contribution in [0.15, 0.2) is 54.6 Å². The Morgan fingerprint density at radius 3 is 2.50 bits per heavy atom. The number of hydrogen-bond acceptors (Lipinski definition) is 7. The zero-order valence-electron chi connectivity index (χ0n) is 22.0. The number of ether oxygens (including phenoxy) is 1. The SMILES string of the molecule is CCN1CCc2c(sc3nc(Cc4ccccc4)nc(N4CCN(C(=O)c5ccccc5OC)CC4)c23)C1. The van der Waals surface area contributed by atoms with Crippen LogP contribution in [0.3, 0.4) is 0 Å². The zero-order valence-corrected chi connectivity index (χ0v) is 22.8. The van der Waals surface area contributed by atoms with E-state index in [-0.39, 0.29) is 5.91 Å². The molecule has 8 heteroatoms. The number of thiophene rings is 1. The monoisotopic (exact) mass is 527 g/mol. The lowest BCUT2D eigenvalue weighted by atomic mass is 10.0. The Hall–Kier alpha value is -3.49. The molecular formula is C30H33N5O2S. The molecule has 196 valence electrons. The summed E-state index contributed by atoms with van der Waals surface area (Å²) >= 11 is 1.83. The van der Waals surface area contributed by atoms with E-state index in [0.717, 1.165) is 55.6 Å². The first kappa shape index (κ1) is 24.8. The van der Waals surface area contributed by atoms with Gasteiger partial charge in [-0.1, -0.05) is 49.4 Å². The third-order valence-electron chi connectivity index (χ3n) is 7.66. The van der Waals surface area contributed by atoms with Gasteiger partial charge in [0.25, 0.3) is 5.91 Å². The fourth-order valence-corrected chi connectivity index (χ4v) is 6.82. The zero-order chi connectivity index (χ0) is 26.1. The quantitative estimate of drug-likeness (QED) is 0.364. The van der Waals surface area contributed by atoms with Crippen molar-refractivity contribution in [3.05, 3.63) is 82.0 Å². The molecule has 1 fully saturated rings. The smallest absolute Gasteiger partial charge is 0.257 e. The van der Waals surface area contributed by atoms with Crippen LogP contribution < -0.4 is 9.64 Å². The molecule has 2 aromatic carbocycles. The maximum atomic E-state index is 13.3. The van der Waals surface area contributed by atoms with Crippen LogP contribution in [0.1, 0.15) is 39.1 Å². The van der Waals surface area contributed by atoms with E-state index in [9.17, 15) is 4.79 Å². The highest BCUT2D eigenvalue weighted by atomic mass is 32.1. The number of carbonyl (C=O) groups is 1. The van der Waals surface area contributed by atoms with E-state index in [4.69, 9.17) is 14.7 Å². The van der Waals surface area contributed by atoms with Crippen LogP contribution in [-0.2, 0) is 19.4 Å². The molecule has 2 aromatic heterocycles. The van der Waals surface area contributed by atoms with Gasteiger partial charge in [-0.15, -0.1) is 11.3 Å². The summed E-state index contributed by atoms with van der Waals surface area (Å²) < 4.78 is 5.44. The number of rotatable bonds is 6. The Morgan fingerprint density at radius 2 is 1.74 bits per heavy atom. The Kier molecular flexibility index (Phi) is 7.00. The van der Waals surface area contributed by atoms with Crippen LogP contribution in [0, 0.1) is 0 Å². The van der Waals surface area contributed by atoms with E-state index >= 15 is 0 Å². The van der Waals surface area contributed by atoms with Crippen molar-refractivity contribution >= 4 is 33.3 Å². The number of likely N-dealkylation sites (N-methyl/N-ethyl adjacent to an activating group) is 1. The lowest BCUT2D eigenvalue weighted by Gasteiger charge is -2.36. The first-order valence-electron chi connectivity index (χ1n) is 13.4. The Balaban J connectivity index is 1.31. The number of aromatic nitrogens is 2. The average Bonchev–Trinajstić information content (AvgIpc) is 3.34. The minimum Gasteiger partial charge on any atom is -0.496 e. The van der Waals surface area contributed by atoms with Crippen molar-refractivity contribution < 1.29 is 9.53 Å². The highest BCUT2D eigenvalue weighted by Gasteiger charge is 2.29. The van der Waals surface area contributed by atoms with Crippen LogP contribution in [0.4, 0.5) is 5.82 Å². The number of fused-ring (bicyclic) bond motifs is 3. The van der Waals surface area contributed by atoms with Gasteiger partial charge in [-0.2, -0.15) is 0 Å². The summed E-state index contributed by atoms with van der Waals surface area (Å²) in [4.78, 5) is 32.9. The molecule has 0 atom stereocenters. The number of benzene rings is 2. The molecular weight excluding hydrogens is 494 g/mol. The molecule has 1 saturated heterocycles. The van der Waals surface area contributed by atoms with E-state index in [1.54, 1.807) is 7.11 Å². The van der Waals surface area contributed by atoms with Crippen molar-refractivity contribution in [1.82, 2.24) is 19.8 Å². The lowest BCUT2D eigenvalue weighted by molar-refractivity contribution is 0.0743. The van der Waals surface area contributed by atoms with Gasteiger partial charge in [-0.05, 0) is 36.2 Å². The molecule has 7 nitrogen and oxygen atoms in total. The van der Waals surface area contributed by atoms with E-state index in [1.807, 2.05) is 46.6 Å². The summed E-state index contributed by atoms with van der Waals surface area (Å²) in [5.74, 6) is 2.53. The molecule has 0 unspecified atom stereocenters. The fraction of sp³-hybridized carbons (Fsp3) is 0.367. The highest BCUT2D eigenvalue weighted by Crippen LogP contribution is 2.39. The van der Waals surface area contributed by atoms with Crippen LogP contribution in [-0.4, -0.2) is 72.1 Å². The van der Waals surface area contributed by atoms with Crippen molar-refractivity contribution in [1.29, 1.82) is 0 Å². The second-order valence-electron chi connectivity index (χ2n) is 9.91. The third-order valence-corrected chi connectivity index (χ3v) is 8.77.